The first-order valence-electron chi connectivity index (χ1n) is 10.1. The molecule has 0 spiro atoms. The zero-order valence-corrected chi connectivity index (χ0v) is 18.4. The van der Waals surface area contributed by atoms with E-state index in [0.29, 0.717) is 13.0 Å². The fourth-order valence-electron chi connectivity index (χ4n) is 3.58. The molecule has 1 aliphatic heterocycles. The quantitative estimate of drug-likeness (QED) is 0.348. The molecule has 0 saturated heterocycles. The van der Waals surface area contributed by atoms with Gasteiger partial charge in [-0.15, -0.1) is 0 Å². The van der Waals surface area contributed by atoms with Crippen molar-refractivity contribution < 1.29 is 28.7 Å². The number of fused-ring (bicyclic) bond motifs is 1. The van der Waals surface area contributed by atoms with Crippen LogP contribution in [0.1, 0.15) is 72.1 Å². The van der Waals surface area contributed by atoms with Crippen molar-refractivity contribution in [2.24, 2.45) is 0 Å². The molecular formula is C22H30N2O6. The van der Waals surface area contributed by atoms with E-state index in [1.165, 1.54) is 25.1 Å². The summed E-state index contributed by atoms with van der Waals surface area (Å²) < 4.78 is 10.3. The second-order valence-corrected chi connectivity index (χ2v) is 7.85. The van der Waals surface area contributed by atoms with Crippen LogP contribution in [0.4, 0.5) is 0 Å². The van der Waals surface area contributed by atoms with Gasteiger partial charge in [0, 0.05) is 32.3 Å². The fraction of sp³-hybridized carbons (Fsp3) is 0.545. The number of hydrogen-bond acceptors (Lipinski definition) is 6. The molecule has 30 heavy (non-hydrogen) atoms. The second kappa shape index (κ2) is 9.84. The molecule has 0 aliphatic carbocycles. The number of amides is 3. The molecular weight excluding hydrogens is 388 g/mol. The Morgan fingerprint density at radius 3 is 2.17 bits per heavy atom. The molecule has 1 aliphatic rings. The molecule has 3 amide bonds. The molecule has 0 saturated carbocycles. The van der Waals surface area contributed by atoms with Gasteiger partial charge in [-0.05, 0) is 59.2 Å². The van der Waals surface area contributed by atoms with E-state index >= 15 is 0 Å². The first-order valence-corrected chi connectivity index (χ1v) is 10.1. The first-order chi connectivity index (χ1) is 14.1. The number of nitrogens with zero attached hydrogens (tertiary/aromatic N) is 2. The van der Waals surface area contributed by atoms with Crippen molar-refractivity contribution in [1.82, 2.24) is 9.80 Å². The number of esters is 1. The second-order valence-electron chi connectivity index (χ2n) is 7.85. The highest BCUT2D eigenvalue weighted by atomic mass is 16.5. The molecule has 0 radical (unpaired) electrons. The third kappa shape index (κ3) is 4.87. The van der Waals surface area contributed by atoms with Gasteiger partial charge in [-0.2, -0.15) is 0 Å². The van der Waals surface area contributed by atoms with Gasteiger partial charge in [-0.1, -0.05) is 0 Å². The van der Waals surface area contributed by atoms with Crippen LogP contribution >= 0.6 is 0 Å². The minimum atomic E-state index is -0.974. The minimum absolute atomic E-state index is 0.0358. The summed E-state index contributed by atoms with van der Waals surface area (Å²) in [5.41, 5.74) is 0.537. The average Bonchev–Trinajstić information content (AvgIpc) is 2.91. The van der Waals surface area contributed by atoms with Crippen LogP contribution in [0.25, 0.3) is 0 Å². The van der Waals surface area contributed by atoms with Crippen molar-refractivity contribution in [3.8, 4) is 0 Å². The molecule has 1 atom stereocenters. The lowest BCUT2D eigenvalue weighted by molar-refractivity contribution is -0.143. The van der Waals surface area contributed by atoms with E-state index in [0.717, 1.165) is 4.90 Å². The summed E-state index contributed by atoms with van der Waals surface area (Å²) in [7, 11) is 1.55. The highest BCUT2D eigenvalue weighted by Crippen LogP contribution is 2.25. The lowest BCUT2D eigenvalue weighted by atomic mass is 10.1. The molecule has 0 unspecified atom stereocenters. The summed E-state index contributed by atoms with van der Waals surface area (Å²) in [6, 6.07) is 4.17. The molecule has 0 N–H and O–H groups in total. The normalized spacial score (nSPS) is 14.3. The Morgan fingerprint density at radius 1 is 1.00 bits per heavy atom. The monoisotopic (exact) mass is 418 g/mol. The van der Waals surface area contributed by atoms with Crippen LogP contribution in [0.15, 0.2) is 18.2 Å². The van der Waals surface area contributed by atoms with Crippen molar-refractivity contribution >= 4 is 23.7 Å². The Labute approximate surface area is 177 Å². The Kier molecular flexibility index (Phi) is 7.72. The molecule has 1 aromatic rings. The van der Waals surface area contributed by atoms with Gasteiger partial charge in [0.1, 0.15) is 0 Å². The van der Waals surface area contributed by atoms with Gasteiger partial charge in [0.25, 0.3) is 17.7 Å². The van der Waals surface area contributed by atoms with Crippen LogP contribution in [-0.2, 0) is 14.3 Å². The SMILES string of the molecule is COCCCN1C(=O)c2ccc(C(=O)O[C@H](C)C(=O)N(C(C)C)C(C)C)cc2C1=O. The minimum Gasteiger partial charge on any atom is -0.449 e. The highest BCUT2D eigenvalue weighted by molar-refractivity contribution is 6.22. The van der Waals surface area contributed by atoms with Gasteiger partial charge in [-0.25, -0.2) is 4.79 Å². The molecule has 0 bridgehead atoms. The Morgan fingerprint density at radius 2 is 1.60 bits per heavy atom. The van der Waals surface area contributed by atoms with Crippen LogP contribution < -0.4 is 0 Å². The number of ether oxygens (including phenoxy) is 2. The van der Waals surface area contributed by atoms with Crippen LogP contribution in [0.5, 0.6) is 0 Å². The number of carbonyl (C=O) groups is 4. The van der Waals surface area contributed by atoms with Crippen molar-refractivity contribution in [2.45, 2.75) is 59.2 Å². The van der Waals surface area contributed by atoms with E-state index < -0.39 is 18.0 Å². The average molecular weight is 418 g/mol. The summed E-state index contributed by atoms with van der Waals surface area (Å²) >= 11 is 0. The zero-order chi connectivity index (χ0) is 22.6. The number of hydrogen-bond donors (Lipinski definition) is 0. The molecule has 0 aromatic heterocycles. The number of carbonyl (C=O) groups excluding carboxylic acids is 4. The standard InChI is InChI=1S/C22H30N2O6/c1-13(2)24(14(3)4)19(25)15(5)30-22(28)16-8-9-17-18(12-16)21(27)23(20(17)26)10-7-11-29-6/h8-9,12-15H,7,10-11H2,1-6H3/t15-/m1/s1. The molecule has 8 nitrogen and oxygen atoms in total. The van der Waals surface area contributed by atoms with Crippen molar-refractivity contribution in [2.75, 3.05) is 20.3 Å². The zero-order valence-electron chi connectivity index (χ0n) is 18.4. The van der Waals surface area contributed by atoms with Gasteiger partial charge in [-0.3, -0.25) is 19.3 Å². The summed E-state index contributed by atoms with van der Waals surface area (Å²) in [4.78, 5) is 53.1. The van der Waals surface area contributed by atoms with Crippen molar-refractivity contribution in [3.63, 3.8) is 0 Å². The Balaban J connectivity index is 2.14. The Bertz CT molecular complexity index is 825. The van der Waals surface area contributed by atoms with E-state index in [-0.39, 0.29) is 47.1 Å². The number of rotatable bonds is 9. The van der Waals surface area contributed by atoms with E-state index in [1.54, 1.807) is 12.0 Å². The van der Waals surface area contributed by atoms with Gasteiger partial charge in [0.05, 0.1) is 16.7 Å². The maximum Gasteiger partial charge on any atom is 0.338 e. The lowest BCUT2D eigenvalue weighted by Gasteiger charge is -2.32. The van der Waals surface area contributed by atoms with E-state index in [4.69, 9.17) is 9.47 Å². The Hall–Kier alpha value is -2.74. The molecule has 1 aromatic carbocycles. The predicted octanol–water partition coefficient (Wildman–Crippen LogP) is 2.51. The fourth-order valence-corrected chi connectivity index (χ4v) is 3.58. The summed E-state index contributed by atoms with van der Waals surface area (Å²) in [5, 5.41) is 0. The maximum atomic E-state index is 12.7. The summed E-state index contributed by atoms with van der Waals surface area (Å²) in [6.45, 7) is 9.79. The number of methoxy groups -OCH3 is 1. The van der Waals surface area contributed by atoms with E-state index in [9.17, 15) is 19.2 Å². The van der Waals surface area contributed by atoms with Crippen LogP contribution in [0.3, 0.4) is 0 Å². The van der Waals surface area contributed by atoms with E-state index in [2.05, 4.69) is 0 Å². The van der Waals surface area contributed by atoms with Crippen LogP contribution in [0, 0.1) is 0 Å². The van der Waals surface area contributed by atoms with E-state index in [1.807, 2.05) is 27.7 Å². The molecule has 164 valence electrons. The van der Waals surface area contributed by atoms with Gasteiger partial charge in [0.15, 0.2) is 6.10 Å². The highest BCUT2D eigenvalue weighted by Gasteiger charge is 2.36. The number of imide groups is 1. The van der Waals surface area contributed by atoms with Crippen LogP contribution in [0.2, 0.25) is 0 Å². The topological polar surface area (TPSA) is 93.2 Å². The lowest BCUT2D eigenvalue weighted by Crippen LogP contribution is -2.47. The third-order valence-electron chi connectivity index (χ3n) is 4.94. The smallest absolute Gasteiger partial charge is 0.338 e. The molecule has 0 fully saturated rings. The maximum absolute atomic E-state index is 12.7. The molecule has 8 heteroatoms. The predicted molar refractivity (Wildman–Crippen MR) is 110 cm³/mol. The van der Waals surface area contributed by atoms with Gasteiger partial charge < -0.3 is 14.4 Å². The summed E-state index contributed by atoms with van der Waals surface area (Å²) in [5.74, 6) is -1.84. The molecule has 1 heterocycles. The van der Waals surface area contributed by atoms with Crippen molar-refractivity contribution in [1.29, 1.82) is 0 Å². The molecule has 2 rings (SSSR count). The largest absolute Gasteiger partial charge is 0.449 e. The number of benzene rings is 1. The van der Waals surface area contributed by atoms with Gasteiger partial charge >= 0.3 is 5.97 Å². The van der Waals surface area contributed by atoms with Gasteiger partial charge in [0.2, 0.25) is 0 Å². The van der Waals surface area contributed by atoms with Crippen LogP contribution in [-0.4, -0.2) is 71.9 Å². The first kappa shape index (κ1) is 23.5. The summed E-state index contributed by atoms with van der Waals surface area (Å²) in [6.07, 6.45) is -0.447. The van der Waals surface area contributed by atoms with Crippen molar-refractivity contribution in [3.05, 3.63) is 34.9 Å². The third-order valence-corrected chi connectivity index (χ3v) is 4.94.